The van der Waals surface area contributed by atoms with Crippen LogP contribution >= 0.6 is 0 Å². The van der Waals surface area contributed by atoms with Crippen LogP contribution in [0.25, 0.3) is 0 Å². The summed E-state index contributed by atoms with van der Waals surface area (Å²) in [6.07, 6.45) is 5.58. The van der Waals surface area contributed by atoms with Gasteiger partial charge in [-0.2, -0.15) is 0 Å². The van der Waals surface area contributed by atoms with Gasteiger partial charge in [0.25, 0.3) is 5.56 Å². The number of aromatic nitrogens is 1. The van der Waals surface area contributed by atoms with E-state index < -0.39 is 0 Å². The molecular weight excluding hydrogens is 202 g/mol. The fourth-order valence-electron chi connectivity index (χ4n) is 1.58. The number of H-pyrrole nitrogens is 1. The lowest BCUT2D eigenvalue weighted by Gasteiger charge is -2.08. The minimum absolute atomic E-state index is 0.0255. The first-order chi connectivity index (χ1) is 7.72. The summed E-state index contributed by atoms with van der Waals surface area (Å²) < 4.78 is 5.07. The molecule has 1 aliphatic heterocycles. The van der Waals surface area contributed by atoms with Crippen molar-refractivity contribution >= 4 is 0 Å². The Morgan fingerprint density at radius 2 is 1.94 bits per heavy atom. The van der Waals surface area contributed by atoms with Crippen LogP contribution < -0.4 is 5.56 Å². The van der Waals surface area contributed by atoms with Crippen molar-refractivity contribution in [3.8, 4) is 0 Å². The number of rotatable bonds is 1. The van der Waals surface area contributed by atoms with Crippen LogP contribution in [0.4, 0.5) is 0 Å². The van der Waals surface area contributed by atoms with Gasteiger partial charge in [0.2, 0.25) is 0 Å². The van der Waals surface area contributed by atoms with E-state index in [2.05, 4.69) is 4.98 Å². The molecule has 0 saturated carbocycles. The molecule has 3 heteroatoms. The molecule has 1 aromatic heterocycles. The first-order valence-electron chi connectivity index (χ1n) is 5.97. The van der Waals surface area contributed by atoms with Crippen LogP contribution in [0.3, 0.4) is 0 Å². The molecule has 1 saturated heterocycles. The molecule has 0 radical (unpaired) electrons. The number of pyridine rings is 1. The van der Waals surface area contributed by atoms with Crippen molar-refractivity contribution in [2.24, 2.45) is 0 Å². The second-order valence-corrected chi connectivity index (χ2v) is 4.28. The number of aromatic amines is 1. The topological polar surface area (TPSA) is 42.1 Å². The van der Waals surface area contributed by atoms with Gasteiger partial charge in [-0.05, 0) is 31.2 Å². The van der Waals surface area contributed by atoms with E-state index in [-0.39, 0.29) is 5.56 Å². The third kappa shape index (κ3) is 4.62. The maximum Gasteiger partial charge on any atom is 0.251 e. The van der Waals surface area contributed by atoms with Crippen molar-refractivity contribution in [2.75, 3.05) is 13.2 Å². The smallest absolute Gasteiger partial charge is 0.251 e. The maximum atomic E-state index is 11.0. The first kappa shape index (κ1) is 13.0. The molecule has 0 bridgehead atoms. The Hall–Kier alpha value is -1.09. The van der Waals surface area contributed by atoms with E-state index >= 15 is 0 Å². The molecule has 2 heterocycles. The molecule has 0 atom stereocenters. The van der Waals surface area contributed by atoms with Crippen molar-refractivity contribution in [3.63, 3.8) is 0 Å². The van der Waals surface area contributed by atoms with Gasteiger partial charge in [-0.3, -0.25) is 4.79 Å². The van der Waals surface area contributed by atoms with Gasteiger partial charge in [0.05, 0.1) is 0 Å². The van der Waals surface area contributed by atoms with Gasteiger partial charge < -0.3 is 9.72 Å². The molecule has 1 N–H and O–H groups in total. The fourth-order valence-corrected chi connectivity index (χ4v) is 1.58. The molecule has 0 unspecified atom stereocenters. The number of ether oxygens (including phenoxy) is 1. The summed E-state index contributed by atoms with van der Waals surface area (Å²) in [6, 6.07) is 3.69. The third-order valence-electron chi connectivity index (χ3n) is 2.55. The minimum atomic E-state index is 0.0255. The van der Waals surface area contributed by atoms with Crippen LogP contribution in [-0.4, -0.2) is 18.2 Å². The van der Waals surface area contributed by atoms with E-state index in [0.29, 0.717) is 5.92 Å². The SMILES string of the molecule is C1CCOCC1.CC(C)c1ccc[nH]c1=O. The Balaban J connectivity index is 0.000000181. The summed E-state index contributed by atoms with van der Waals surface area (Å²) in [5.41, 5.74) is 0.875. The molecule has 90 valence electrons. The van der Waals surface area contributed by atoms with E-state index in [1.165, 1.54) is 19.3 Å². The van der Waals surface area contributed by atoms with Gasteiger partial charge in [-0.15, -0.1) is 0 Å². The summed E-state index contributed by atoms with van der Waals surface area (Å²) in [6.45, 7) is 6.01. The number of hydrogen-bond donors (Lipinski definition) is 1. The van der Waals surface area contributed by atoms with Crippen molar-refractivity contribution in [3.05, 3.63) is 34.2 Å². The van der Waals surface area contributed by atoms with Crippen molar-refractivity contribution in [1.82, 2.24) is 4.98 Å². The molecule has 0 aromatic carbocycles. The minimum Gasteiger partial charge on any atom is -0.381 e. The van der Waals surface area contributed by atoms with Crippen LogP contribution in [0.2, 0.25) is 0 Å². The molecule has 2 rings (SSSR count). The highest BCUT2D eigenvalue weighted by atomic mass is 16.5. The van der Waals surface area contributed by atoms with E-state index in [9.17, 15) is 4.79 Å². The van der Waals surface area contributed by atoms with Gasteiger partial charge in [0, 0.05) is 25.0 Å². The Bertz CT molecular complexity index is 328. The van der Waals surface area contributed by atoms with Crippen molar-refractivity contribution in [2.45, 2.75) is 39.0 Å². The summed E-state index contributed by atoms with van der Waals surface area (Å²) in [5.74, 6) is 0.310. The summed E-state index contributed by atoms with van der Waals surface area (Å²) in [7, 11) is 0. The summed E-state index contributed by atoms with van der Waals surface area (Å²) >= 11 is 0. The lowest BCUT2D eigenvalue weighted by Crippen LogP contribution is -2.11. The van der Waals surface area contributed by atoms with Crippen LogP contribution in [-0.2, 0) is 4.74 Å². The Morgan fingerprint density at radius 1 is 1.25 bits per heavy atom. The third-order valence-corrected chi connectivity index (χ3v) is 2.55. The maximum absolute atomic E-state index is 11.0. The molecular formula is C13H21NO2. The standard InChI is InChI=1S/C8H11NO.C5H10O/c1-6(2)7-4-3-5-9-8(7)10;1-2-4-6-5-3-1/h3-6H,1-2H3,(H,9,10);1-5H2. The zero-order chi connectivity index (χ0) is 11.8. The number of nitrogens with one attached hydrogen (secondary N) is 1. The van der Waals surface area contributed by atoms with E-state index in [0.717, 1.165) is 18.8 Å². The molecule has 1 aliphatic rings. The molecule has 0 aliphatic carbocycles. The van der Waals surface area contributed by atoms with Gasteiger partial charge in [0.15, 0.2) is 0 Å². The van der Waals surface area contributed by atoms with E-state index in [4.69, 9.17) is 4.74 Å². The van der Waals surface area contributed by atoms with Crippen LogP contribution in [0.1, 0.15) is 44.6 Å². The van der Waals surface area contributed by atoms with Gasteiger partial charge in [-0.25, -0.2) is 0 Å². The fraction of sp³-hybridized carbons (Fsp3) is 0.615. The van der Waals surface area contributed by atoms with Gasteiger partial charge in [0.1, 0.15) is 0 Å². The lowest BCUT2D eigenvalue weighted by atomic mass is 10.1. The Labute approximate surface area is 96.8 Å². The van der Waals surface area contributed by atoms with Crippen molar-refractivity contribution < 1.29 is 4.74 Å². The zero-order valence-corrected chi connectivity index (χ0v) is 10.2. The Kier molecular flexibility index (Phi) is 5.86. The molecule has 0 amide bonds. The zero-order valence-electron chi connectivity index (χ0n) is 10.2. The largest absolute Gasteiger partial charge is 0.381 e. The van der Waals surface area contributed by atoms with Crippen LogP contribution in [0.5, 0.6) is 0 Å². The summed E-state index contributed by atoms with van der Waals surface area (Å²) in [5, 5.41) is 0. The molecule has 1 fully saturated rings. The van der Waals surface area contributed by atoms with E-state index in [1.807, 2.05) is 26.0 Å². The van der Waals surface area contributed by atoms with Crippen molar-refractivity contribution in [1.29, 1.82) is 0 Å². The average molecular weight is 223 g/mol. The lowest BCUT2D eigenvalue weighted by molar-refractivity contribution is 0.0968. The molecule has 0 spiro atoms. The predicted molar refractivity (Wildman–Crippen MR) is 65.8 cm³/mol. The molecule has 3 nitrogen and oxygen atoms in total. The normalized spacial score (nSPS) is 15.4. The number of hydrogen-bond acceptors (Lipinski definition) is 2. The monoisotopic (exact) mass is 223 g/mol. The molecule has 16 heavy (non-hydrogen) atoms. The summed E-state index contributed by atoms with van der Waals surface area (Å²) in [4.78, 5) is 13.6. The predicted octanol–water partition coefficient (Wildman–Crippen LogP) is 2.69. The molecule has 1 aromatic rings. The second-order valence-electron chi connectivity index (χ2n) is 4.28. The van der Waals surface area contributed by atoms with Gasteiger partial charge in [-0.1, -0.05) is 19.9 Å². The highest BCUT2D eigenvalue weighted by Crippen LogP contribution is 2.06. The Morgan fingerprint density at radius 3 is 2.25 bits per heavy atom. The second kappa shape index (κ2) is 7.23. The quantitative estimate of drug-likeness (QED) is 0.795. The highest BCUT2D eigenvalue weighted by molar-refractivity contribution is 5.12. The van der Waals surface area contributed by atoms with Gasteiger partial charge >= 0.3 is 0 Å². The highest BCUT2D eigenvalue weighted by Gasteiger charge is 2.00. The van der Waals surface area contributed by atoms with Crippen LogP contribution in [0, 0.1) is 0 Å². The average Bonchev–Trinajstić information content (AvgIpc) is 2.32. The van der Waals surface area contributed by atoms with Crippen LogP contribution in [0.15, 0.2) is 23.1 Å². The first-order valence-corrected chi connectivity index (χ1v) is 5.97. The van der Waals surface area contributed by atoms with E-state index in [1.54, 1.807) is 6.20 Å².